The van der Waals surface area contributed by atoms with Gasteiger partial charge >= 0.3 is 0 Å². The van der Waals surface area contributed by atoms with E-state index in [0.717, 1.165) is 20.3 Å². The minimum Gasteiger partial charge on any atom is -0.457 e. The summed E-state index contributed by atoms with van der Waals surface area (Å²) >= 11 is 4.99. The van der Waals surface area contributed by atoms with Gasteiger partial charge in [-0.25, -0.2) is 4.98 Å². The Kier molecular flexibility index (Phi) is 6.15. The Hall–Kier alpha value is -3.55. The van der Waals surface area contributed by atoms with Gasteiger partial charge in [-0.05, 0) is 54.1 Å². The number of nitrogens with zero attached hydrogens (tertiary/aromatic N) is 3. The van der Waals surface area contributed by atoms with Gasteiger partial charge in [-0.15, -0.1) is 0 Å². The van der Waals surface area contributed by atoms with Gasteiger partial charge in [0.1, 0.15) is 11.5 Å². The summed E-state index contributed by atoms with van der Waals surface area (Å²) in [5.41, 5.74) is 2.22. The third-order valence-corrected chi connectivity index (χ3v) is 6.50. The highest BCUT2D eigenvalue weighted by Gasteiger charge is 2.25. The molecule has 0 aliphatic carbocycles. The van der Waals surface area contributed by atoms with Crippen LogP contribution in [0.15, 0.2) is 102 Å². The molecule has 0 bridgehead atoms. The van der Waals surface area contributed by atoms with E-state index in [1.165, 1.54) is 11.3 Å². The van der Waals surface area contributed by atoms with Gasteiger partial charge in [0.2, 0.25) is 0 Å². The number of carbonyl (C=O) groups excluding carboxylic acids is 1. The lowest BCUT2D eigenvalue weighted by Crippen LogP contribution is -2.30. The van der Waals surface area contributed by atoms with Gasteiger partial charge in [0.05, 0.1) is 22.3 Å². The number of anilines is 1. The second kappa shape index (κ2) is 9.52. The third-order valence-electron chi connectivity index (χ3n) is 4.97. The molecule has 5 nitrogen and oxygen atoms in total. The van der Waals surface area contributed by atoms with Gasteiger partial charge in [0, 0.05) is 16.9 Å². The normalized spacial score (nSPS) is 10.8. The van der Waals surface area contributed by atoms with Crippen LogP contribution in [0, 0.1) is 0 Å². The topological polar surface area (TPSA) is 55.3 Å². The standard InChI is InChI=1S/C26H18BrN3O2S/c27-19-12-13-22-24(15-19)33-26(29-22)30(17-18-7-6-14-28-16-18)25(31)21-10-4-5-11-23(21)32-20-8-2-1-3-9-20/h1-16H,17H2. The van der Waals surface area contributed by atoms with E-state index in [4.69, 9.17) is 9.72 Å². The van der Waals surface area contributed by atoms with E-state index in [0.29, 0.717) is 28.7 Å². The van der Waals surface area contributed by atoms with Crippen molar-refractivity contribution in [2.75, 3.05) is 4.90 Å². The van der Waals surface area contributed by atoms with Crippen LogP contribution in [0.4, 0.5) is 5.13 Å². The highest BCUT2D eigenvalue weighted by molar-refractivity contribution is 9.10. The summed E-state index contributed by atoms with van der Waals surface area (Å²) in [4.78, 5) is 24.5. The number of pyridine rings is 1. The van der Waals surface area contributed by atoms with Gasteiger partial charge in [-0.1, -0.05) is 63.7 Å². The highest BCUT2D eigenvalue weighted by atomic mass is 79.9. The van der Waals surface area contributed by atoms with Gasteiger partial charge < -0.3 is 4.74 Å². The minimum atomic E-state index is -0.191. The van der Waals surface area contributed by atoms with Crippen LogP contribution in [0.2, 0.25) is 0 Å². The molecule has 33 heavy (non-hydrogen) atoms. The number of carbonyl (C=O) groups is 1. The van der Waals surface area contributed by atoms with E-state index in [9.17, 15) is 4.79 Å². The molecule has 0 aliphatic rings. The molecule has 3 aromatic carbocycles. The van der Waals surface area contributed by atoms with Crippen LogP contribution in [-0.2, 0) is 6.54 Å². The molecule has 2 aromatic heterocycles. The summed E-state index contributed by atoms with van der Waals surface area (Å²) in [5, 5.41) is 0.617. The molecule has 5 rings (SSSR count). The number of hydrogen-bond donors (Lipinski definition) is 0. The van der Waals surface area contributed by atoms with Crippen molar-refractivity contribution in [3.63, 3.8) is 0 Å². The Morgan fingerprint density at radius 2 is 1.79 bits per heavy atom. The number of rotatable bonds is 6. The molecule has 5 aromatic rings. The van der Waals surface area contributed by atoms with Crippen molar-refractivity contribution in [2.24, 2.45) is 0 Å². The molecular weight excluding hydrogens is 498 g/mol. The van der Waals surface area contributed by atoms with Crippen LogP contribution >= 0.6 is 27.3 Å². The van der Waals surface area contributed by atoms with Gasteiger partial charge in [-0.3, -0.25) is 14.7 Å². The van der Waals surface area contributed by atoms with Crippen molar-refractivity contribution < 1.29 is 9.53 Å². The van der Waals surface area contributed by atoms with E-state index >= 15 is 0 Å². The Bertz CT molecular complexity index is 1410. The highest BCUT2D eigenvalue weighted by Crippen LogP contribution is 2.34. The van der Waals surface area contributed by atoms with E-state index in [-0.39, 0.29) is 5.91 Å². The first kappa shape index (κ1) is 21.3. The molecule has 2 heterocycles. The molecule has 0 radical (unpaired) electrons. The second-order valence-corrected chi connectivity index (χ2v) is 9.20. The number of thiazole rings is 1. The molecule has 7 heteroatoms. The lowest BCUT2D eigenvalue weighted by atomic mass is 10.1. The van der Waals surface area contributed by atoms with Gasteiger partial charge in [0.15, 0.2) is 5.13 Å². The van der Waals surface area contributed by atoms with Crippen molar-refractivity contribution in [1.29, 1.82) is 0 Å². The summed E-state index contributed by atoms with van der Waals surface area (Å²) in [6.07, 6.45) is 3.48. The summed E-state index contributed by atoms with van der Waals surface area (Å²) in [6.45, 7) is 0.341. The molecule has 0 aliphatic heterocycles. The second-order valence-electron chi connectivity index (χ2n) is 7.27. The molecule has 0 atom stereocenters. The van der Waals surface area contributed by atoms with Crippen LogP contribution < -0.4 is 9.64 Å². The molecule has 0 unspecified atom stereocenters. The van der Waals surface area contributed by atoms with Gasteiger partial charge in [0.25, 0.3) is 5.91 Å². The van der Waals surface area contributed by atoms with Crippen molar-refractivity contribution in [3.8, 4) is 11.5 Å². The fourth-order valence-corrected chi connectivity index (χ4v) is 4.91. The monoisotopic (exact) mass is 515 g/mol. The Labute approximate surface area is 203 Å². The first-order valence-corrected chi connectivity index (χ1v) is 11.9. The number of ether oxygens (including phenoxy) is 1. The Morgan fingerprint density at radius 3 is 2.61 bits per heavy atom. The Morgan fingerprint density at radius 1 is 0.970 bits per heavy atom. The SMILES string of the molecule is O=C(c1ccccc1Oc1ccccc1)N(Cc1cccnc1)c1nc2ccc(Br)cc2s1. The number of amides is 1. The number of fused-ring (bicyclic) bond motifs is 1. The largest absolute Gasteiger partial charge is 0.457 e. The zero-order valence-electron chi connectivity index (χ0n) is 17.4. The van der Waals surface area contributed by atoms with Crippen molar-refractivity contribution in [2.45, 2.75) is 6.54 Å². The first-order valence-electron chi connectivity index (χ1n) is 10.3. The predicted molar refractivity (Wildman–Crippen MR) is 135 cm³/mol. The quantitative estimate of drug-likeness (QED) is 0.242. The predicted octanol–water partition coefficient (Wildman–Crippen LogP) is 7.09. The maximum absolute atomic E-state index is 13.9. The number of para-hydroxylation sites is 2. The number of aromatic nitrogens is 2. The van der Waals surface area contributed by atoms with Gasteiger partial charge in [-0.2, -0.15) is 0 Å². The molecule has 0 spiro atoms. The average Bonchev–Trinajstić information content (AvgIpc) is 3.27. The zero-order valence-corrected chi connectivity index (χ0v) is 19.8. The van der Waals surface area contributed by atoms with Crippen LogP contribution in [0.5, 0.6) is 11.5 Å². The van der Waals surface area contributed by atoms with Crippen LogP contribution in [0.1, 0.15) is 15.9 Å². The minimum absolute atomic E-state index is 0.191. The van der Waals surface area contributed by atoms with E-state index in [1.807, 2.05) is 72.8 Å². The summed E-state index contributed by atoms with van der Waals surface area (Å²) in [5.74, 6) is 0.971. The lowest BCUT2D eigenvalue weighted by Gasteiger charge is -2.21. The molecule has 0 saturated heterocycles. The fraction of sp³-hybridized carbons (Fsp3) is 0.0385. The summed E-state index contributed by atoms with van der Waals surface area (Å²) in [7, 11) is 0. The van der Waals surface area contributed by atoms with Crippen LogP contribution in [0.3, 0.4) is 0 Å². The molecule has 0 N–H and O–H groups in total. The van der Waals surface area contributed by atoms with Crippen molar-refractivity contribution >= 4 is 48.5 Å². The number of benzene rings is 3. The summed E-state index contributed by atoms with van der Waals surface area (Å²) in [6, 6.07) is 26.4. The third kappa shape index (κ3) is 4.79. The van der Waals surface area contributed by atoms with Crippen molar-refractivity contribution in [1.82, 2.24) is 9.97 Å². The molecule has 0 saturated carbocycles. The lowest BCUT2D eigenvalue weighted by molar-refractivity contribution is 0.0983. The van der Waals surface area contributed by atoms with E-state index in [1.54, 1.807) is 29.4 Å². The van der Waals surface area contributed by atoms with Crippen LogP contribution in [0.25, 0.3) is 10.2 Å². The molecule has 0 fully saturated rings. The maximum Gasteiger partial charge on any atom is 0.264 e. The first-order chi connectivity index (χ1) is 16.2. The van der Waals surface area contributed by atoms with Crippen LogP contribution in [-0.4, -0.2) is 15.9 Å². The number of halogens is 1. The fourth-order valence-electron chi connectivity index (χ4n) is 3.40. The van der Waals surface area contributed by atoms with E-state index in [2.05, 4.69) is 20.9 Å². The molecule has 1 amide bonds. The molecular formula is C26H18BrN3O2S. The number of hydrogen-bond acceptors (Lipinski definition) is 5. The average molecular weight is 516 g/mol. The van der Waals surface area contributed by atoms with E-state index < -0.39 is 0 Å². The summed E-state index contributed by atoms with van der Waals surface area (Å²) < 4.78 is 8.03. The smallest absolute Gasteiger partial charge is 0.264 e. The molecule has 162 valence electrons. The zero-order chi connectivity index (χ0) is 22.6. The Balaban J connectivity index is 1.56. The van der Waals surface area contributed by atoms with Crippen molar-refractivity contribution in [3.05, 3.63) is 113 Å². The maximum atomic E-state index is 13.9.